The van der Waals surface area contributed by atoms with Crippen molar-refractivity contribution in [3.05, 3.63) is 53.2 Å². The number of aryl methyl sites for hydroxylation is 1. The lowest BCUT2D eigenvalue weighted by molar-refractivity contribution is -0.137. The fourth-order valence-electron chi connectivity index (χ4n) is 1.75. The van der Waals surface area contributed by atoms with Gasteiger partial charge < -0.3 is 10.5 Å². The summed E-state index contributed by atoms with van der Waals surface area (Å²) in [6, 6.07) is 6.42. The van der Waals surface area contributed by atoms with Gasteiger partial charge >= 0.3 is 6.18 Å². The van der Waals surface area contributed by atoms with E-state index in [0.717, 1.165) is 17.7 Å². The van der Waals surface area contributed by atoms with Crippen molar-refractivity contribution >= 4 is 0 Å². The highest BCUT2D eigenvalue weighted by Gasteiger charge is 2.30. The standard InChI is InChI=1S/C14H13F3N2O/c1-9-5-6-19-13(12(9)8-18)20-11-4-2-3-10(7-11)14(15,16)17/h2-7H,8,18H2,1H3. The fraction of sp³-hybridized carbons (Fsp3) is 0.214. The first kappa shape index (κ1) is 14.3. The minimum Gasteiger partial charge on any atom is -0.439 e. The maximum Gasteiger partial charge on any atom is 0.416 e. The average Bonchev–Trinajstić information content (AvgIpc) is 2.38. The third-order valence-corrected chi connectivity index (χ3v) is 2.83. The molecular formula is C14H13F3N2O. The van der Waals surface area contributed by atoms with Crippen LogP contribution in [0.5, 0.6) is 11.6 Å². The normalized spacial score (nSPS) is 11.4. The lowest BCUT2D eigenvalue weighted by Crippen LogP contribution is -2.06. The number of aromatic nitrogens is 1. The molecule has 0 aliphatic heterocycles. The van der Waals surface area contributed by atoms with E-state index in [-0.39, 0.29) is 18.2 Å². The Morgan fingerprint density at radius 3 is 2.65 bits per heavy atom. The Balaban J connectivity index is 2.34. The summed E-state index contributed by atoms with van der Waals surface area (Å²) in [6.45, 7) is 2.04. The van der Waals surface area contributed by atoms with Crippen molar-refractivity contribution in [3.8, 4) is 11.6 Å². The Bertz CT molecular complexity index is 612. The van der Waals surface area contributed by atoms with Crippen LogP contribution in [0.1, 0.15) is 16.7 Å². The summed E-state index contributed by atoms with van der Waals surface area (Å²) >= 11 is 0. The van der Waals surface area contributed by atoms with Crippen LogP contribution >= 0.6 is 0 Å². The molecule has 0 fully saturated rings. The summed E-state index contributed by atoms with van der Waals surface area (Å²) in [7, 11) is 0. The van der Waals surface area contributed by atoms with E-state index in [4.69, 9.17) is 10.5 Å². The van der Waals surface area contributed by atoms with E-state index in [2.05, 4.69) is 4.98 Å². The number of ether oxygens (including phenoxy) is 1. The first-order chi connectivity index (χ1) is 9.41. The molecule has 1 aromatic heterocycles. The van der Waals surface area contributed by atoms with Crippen molar-refractivity contribution in [1.29, 1.82) is 0 Å². The van der Waals surface area contributed by atoms with Crippen LogP contribution in [-0.4, -0.2) is 4.98 Å². The molecule has 106 valence electrons. The molecule has 2 rings (SSSR count). The van der Waals surface area contributed by atoms with Crippen LogP contribution in [0.25, 0.3) is 0 Å². The van der Waals surface area contributed by atoms with Gasteiger partial charge in [-0.3, -0.25) is 0 Å². The van der Waals surface area contributed by atoms with Crippen molar-refractivity contribution in [2.45, 2.75) is 19.6 Å². The number of halogens is 3. The van der Waals surface area contributed by atoms with E-state index < -0.39 is 11.7 Å². The Morgan fingerprint density at radius 1 is 1.25 bits per heavy atom. The molecule has 0 unspecified atom stereocenters. The van der Waals surface area contributed by atoms with Gasteiger partial charge in [0.05, 0.1) is 5.56 Å². The second kappa shape index (κ2) is 5.50. The number of hydrogen-bond donors (Lipinski definition) is 1. The van der Waals surface area contributed by atoms with Crippen molar-refractivity contribution in [2.24, 2.45) is 5.73 Å². The second-order valence-electron chi connectivity index (χ2n) is 4.24. The van der Waals surface area contributed by atoms with E-state index >= 15 is 0 Å². The average molecular weight is 282 g/mol. The quantitative estimate of drug-likeness (QED) is 0.934. The van der Waals surface area contributed by atoms with Crippen LogP contribution in [0.15, 0.2) is 36.5 Å². The monoisotopic (exact) mass is 282 g/mol. The maximum absolute atomic E-state index is 12.6. The summed E-state index contributed by atoms with van der Waals surface area (Å²) in [4.78, 5) is 4.01. The largest absolute Gasteiger partial charge is 0.439 e. The van der Waals surface area contributed by atoms with Gasteiger partial charge in [0, 0.05) is 18.3 Å². The van der Waals surface area contributed by atoms with Gasteiger partial charge in [0.2, 0.25) is 5.88 Å². The Morgan fingerprint density at radius 2 is 2.00 bits per heavy atom. The lowest BCUT2D eigenvalue weighted by atomic mass is 10.1. The number of alkyl halides is 3. The molecule has 0 radical (unpaired) electrons. The van der Waals surface area contributed by atoms with E-state index in [1.54, 1.807) is 6.07 Å². The first-order valence-electron chi connectivity index (χ1n) is 5.91. The third kappa shape index (κ3) is 3.08. The molecule has 0 amide bonds. The molecule has 0 aliphatic carbocycles. The van der Waals surface area contributed by atoms with Crippen LogP contribution in [0.4, 0.5) is 13.2 Å². The molecule has 3 nitrogen and oxygen atoms in total. The molecule has 2 N–H and O–H groups in total. The molecule has 20 heavy (non-hydrogen) atoms. The molecule has 0 saturated carbocycles. The van der Waals surface area contributed by atoms with Crippen molar-refractivity contribution < 1.29 is 17.9 Å². The van der Waals surface area contributed by atoms with E-state index in [0.29, 0.717) is 5.56 Å². The van der Waals surface area contributed by atoms with Gasteiger partial charge in [0.15, 0.2) is 0 Å². The zero-order chi connectivity index (χ0) is 14.8. The van der Waals surface area contributed by atoms with Crippen LogP contribution in [0.2, 0.25) is 0 Å². The van der Waals surface area contributed by atoms with Crippen LogP contribution < -0.4 is 10.5 Å². The van der Waals surface area contributed by atoms with Gasteiger partial charge in [-0.2, -0.15) is 13.2 Å². The molecule has 0 spiro atoms. The highest BCUT2D eigenvalue weighted by Crippen LogP contribution is 2.33. The summed E-state index contributed by atoms with van der Waals surface area (Å²) in [5.41, 5.74) is 6.39. The molecule has 0 aliphatic rings. The number of hydrogen-bond acceptors (Lipinski definition) is 3. The van der Waals surface area contributed by atoms with Crippen molar-refractivity contribution in [3.63, 3.8) is 0 Å². The van der Waals surface area contributed by atoms with E-state index in [1.807, 2.05) is 6.92 Å². The molecule has 2 aromatic rings. The molecule has 0 saturated heterocycles. The zero-order valence-corrected chi connectivity index (χ0v) is 10.7. The fourth-order valence-corrected chi connectivity index (χ4v) is 1.75. The van der Waals surface area contributed by atoms with Crippen LogP contribution in [-0.2, 0) is 12.7 Å². The summed E-state index contributed by atoms with van der Waals surface area (Å²) in [5, 5.41) is 0. The van der Waals surface area contributed by atoms with Gasteiger partial charge in [0.25, 0.3) is 0 Å². The minimum atomic E-state index is -4.41. The molecule has 1 heterocycles. The summed E-state index contributed by atoms with van der Waals surface area (Å²) < 4.78 is 43.3. The van der Waals surface area contributed by atoms with Crippen molar-refractivity contribution in [2.75, 3.05) is 0 Å². The maximum atomic E-state index is 12.6. The number of rotatable bonds is 3. The predicted octanol–water partition coefficient (Wildman–Crippen LogP) is 3.66. The van der Waals surface area contributed by atoms with Gasteiger partial charge in [-0.05, 0) is 36.8 Å². The first-order valence-corrected chi connectivity index (χ1v) is 5.91. The third-order valence-electron chi connectivity index (χ3n) is 2.83. The summed E-state index contributed by atoms with van der Waals surface area (Å²) in [5.74, 6) is 0.305. The lowest BCUT2D eigenvalue weighted by Gasteiger charge is -2.12. The highest BCUT2D eigenvalue weighted by atomic mass is 19.4. The molecule has 0 bridgehead atoms. The van der Waals surface area contributed by atoms with E-state index in [9.17, 15) is 13.2 Å². The number of nitrogens with zero attached hydrogens (tertiary/aromatic N) is 1. The summed E-state index contributed by atoms with van der Waals surface area (Å²) in [6.07, 6.45) is -2.88. The highest BCUT2D eigenvalue weighted by molar-refractivity contribution is 5.38. The minimum absolute atomic E-state index is 0.0765. The molecule has 1 aromatic carbocycles. The van der Waals surface area contributed by atoms with Crippen molar-refractivity contribution in [1.82, 2.24) is 4.98 Å². The predicted molar refractivity (Wildman–Crippen MR) is 68.4 cm³/mol. The number of pyridine rings is 1. The Labute approximate surface area is 114 Å². The zero-order valence-electron chi connectivity index (χ0n) is 10.7. The Hall–Kier alpha value is -2.08. The van der Waals surface area contributed by atoms with Gasteiger partial charge in [-0.25, -0.2) is 4.98 Å². The SMILES string of the molecule is Cc1ccnc(Oc2cccc(C(F)(F)F)c2)c1CN. The number of nitrogens with two attached hydrogens (primary N) is 1. The molecular weight excluding hydrogens is 269 g/mol. The second-order valence-corrected chi connectivity index (χ2v) is 4.24. The Kier molecular flexibility index (Phi) is 3.94. The topological polar surface area (TPSA) is 48.1 Å². The van der Waals surface area contributed by atoms with Crippen LogP contribution in [0, 0.1) is 6.92 Å². The van der Waals surface area contributed by atoms with Gasteiger partial charge in [-0.15, -0.1) is 0 Å². The molecule has 6 heteroatoms. The van der Waals surface area contributed by atoms with Gasteiger partial charge in [0.1, 0.15) is 5.75 Å². The van der Waals surface area contributed by atoms with Gasteiger partial charge in [-0.1, -0.05) is 6.07 Å². The number of benzene rings is 1. The smallest absolute Gasteiger partial charge is 0.416 e. The molecule has 0 atom stereocenters. The van der Waals surface area contributed by atoms with E-state index in [1.165, 1.54) is 18.3 Å². The van der Waals surface area contributed by atoms with Crippen LogP contribution in [0.3, 0.4) is 0 Å².